The Hall–Kier alpha value is -2.49. The van der Waals surface area contributed by atoms with E-state index in [9.17, 15) is 10.1 Å². The molecule has 3 aromatic rings. The van der Waals surface area contributed by atoms with Crippen molar-refractivity contribution in [3.63, 3.8) is 0 Å². The summed E-state index contributed by atoms with van der Waals surface area (Å²) < 4.78 is 3.48. The highest BCUT2D eigenvalue weighted by Gasteiger charge is 2.23. The first-order valence-corrected chi connectivity index (χ1v) is 6.92. The second kappa shape index (κ2) is 5.13. The molecule has 0 aliphatic heterocycles. The van der Waals surface area contributed by atoms with Crippen LogP contribution in [0.1, 0.15) is 6.92 Å². The van der Waals surface area contributed by atoms with E-state index < -0.39 is 4.92 Å². The van der Waals surface area contributed by atoms with Crippen molar-refractivity contribution in [2.75, 3.05) is 0 Å². The third kappa shape index (κ3) is 2.23. The fourth-order valence-corrected chi connectivity index (χ4v) is 2.84. The number of hydrogen-bond acceptors (Lipinski definition) is 7. The Morgan fingerprint density at radius 1 is 1.29 bits per heavy atom. The lowest BCUT2D eigenvalue weighted by Gasteiger charge is -2.02. The molecule has 0 spiro atoms. The van der Waals surface area contributed by atoms with Gasteiger partial charge in [0.25, 0.3) is 0 Å². The van der Waals surface area contributed by atoms with Gasteiger partial charge < -0.3 is 19.2 Å². The fourth-order valence-electron chi connectivity index (χ4n) is 1.91. The number of fused-ring (bicyclic) bond motifs is 1. The van der Waals surface area contributed by atoms with Crippen molar-refractivity contribution in [3.05, 3.63) is 29.1 Å². The second-order valence-corrected chi connectivity index (χ2v) is 5.20. The molecule has 0 N–H and O–H groups in total. The summed E-state index contributed by atoms with van der Waals surface area (Å²) in [5.74, 6) is -0.191. The van der Waals surface area contributed by atoms with Gasteiger partial charge in [-0.05, 0) is 28.6 Å². The summed E-state index contributed by atoms with van der Waals surface area (Å²) in [6, 6.07) is 0. The lowest BCUT2D eigenvalue weighted by Crippen LogP contribution is -1.96. The normalized spacial score (nSPS) is 11.1. The van der Waals surface area contributed by atoms with Crippen LogP contribution in [0, 0.1) is 10.1 Å². The molecule has 21 heavy (non-hydrogen) atoms. The van der Waals surface area contributed by atoms with Crippen LogP contribution in [0.2, 0.25) is 0 Å². The highest BCUT2D eigenvalue weighted by Crippen LogP contribution is 2.34. The molecule has 0 aliphatic rings. The van der Waals surface area contributed by atoms with Crippen molar-refractivity contribution < 1.29 is 4.92 Å². The molecule has 0 atom stereocenters. The summed E-state index contributed by atoms with van der Waals surface area (Å²) in [4.78, 5) is 27.0. The Kier molecular flexibility index (Phi) is 3.29. The topological polar surface area (TPSA) is 105 Å². The number of imidazole rings is 2. The van der Waals surface area contributed by atoms with Gasteiger partial charge in [0.15, 0.2) is 10.7 Å². The molecule has 0 aromatic carbocycles. The summed E-state index contributed by atoms with van der Waals surface area (Å²) in [7, 11) is 1.70. The Labute approximate surface area is 123 Å². The van der Waals surface area contributed by atoms with Gasteiger partial charge in [0, 0.05) is 13.6 Å². The second-order valence-electron chi connectivity index (χ2n) is 4.23. The van der Waals surface area contributed by atoms with Crippen molar-refractivity contribution in [1.82, 2.24) is 29.1 Å². The molecule has 0 saturated heterocycles. The molecule has 0 unspecified atom stereocenters. The van der Waals surface area contributed by atoms with Crippen LogP contribution in [0.4, 0.5) is 5.82 Å². The number of rotatable bonds is 4. The van der Waals surface area contributed by atoms with Crippen LogP contribution in [0.15, 0.2) is 29.0 Å². The molecule has 10 heteroatoms. The van der Waals surface area contributed by atoms with Gasteiger partial charge in [0.1, 0.15) is 16.9 Å². The van der Waals surface area contributed by atoms with Gasteiger partial charge in [0.2, 0.25) is 6.33 Å². The maximum atomic E-state index is 11.0. The van der Waals surface area contributed by atoms with Crippen LogP contribution < -0.4 is 0 Å². The van der Waals surface area contributed by atoms with Crippen molar-refractivity contribution in [3.8, 4) is 0 Å². The predicted molar refractivity (Wildman–Crippen MR) is 75.0 cm³/mol. The molecule has 0 aliphatic carbocycles. The van der Waals surface area contributed by atoms with Crippen molar-refractivity contribution >= 4 is 28.7 Å². The number of nitro groups is 1. The SMILES string of the molecule is CCn1cnc2c(Sc3c([N+](=O)[O-])ncn3C)ncnc21. The summed E-state index contributed by atoms with van der Waals surface area (Å²) in [6.07, 6.45) is 4.52. The number of aromatic nitrogens is 6. The standard InChI is InChI=1S/C11H11N7O2S/c1-3-17-6-14-7-8(17)12-4-13-10(7)21-11-9(18(19)20)15-5-16(11)2/h4-6H,3H2,1-2H3. The van der Waals surface area contributed by atoms with Gasteiger partial charge in [-0.2, -0.15) is 0 Å². The molecule has 3 rings (SSSR count). The van der Waals surface area contributed by atoms with Crippen LogP contribution in [0.5, 0.6) is 0 Å². The molecule has 0 fully saturated rings. The molecule has 0 saturated carbocycles. The van der Waals surface area contributed by atoms with Crippen LogP contribution in [-0.4, -0.2) is 34.0 Å². The molecule has 108 valence electrons. The maximum absolute atomic E-state index is 11.0. The zero-order chi connectivity index (χ0) is 15.0. The minimum absolute atomic E-state index is 0.191. The summed E-state index contributed by atoms with van der Waals surface area (Å²) in [5, 5.41) is 12.0. The first-order valence-electron chi connectivity index (χ1n) is 6.11. The molecule has 3 heterocycles. The molecule has 3 aromatic heterocycles. The number of aryl methyl sites for hydroxylation is 2. The van der Waals surface area contributed by atoms with E-state index in [1.54, 1.807) is 17.9 Å². The van der Waals surface area contributed by atoms with Crippen LogP contribution >= 0.6 is 11.8 Å². The van der Waals surface area contributed by atoms with Gasteiger partial charge in [-0.15, -0.1) is 0 Å². The third-order valence-corrected chi connectivity index (χ3v) is 4.10. The monoisotopic (exact) mass is 305 g/mol. The summed E-state index contributed by atoms with van der Waals surface area (Å²) >= 11 is 1.16. The van der Waals surface area contributed by atoms with E-state index >= 15 is 0 Å². The van der Waals surface area contributed by atoms with Crippen molar-refractivity contribution in [2.45, 2.75) is 23.5 Å². The quantitative estimate of drug-likeness (QED) is 0.410. The lowest BCUT2D eigenvalue weighted by molar-refractivity contribution is -0.392. The van der Waals surface area contributed by atoms with Crippen LogP contribution in [0.25, 0.3) is 11.2 Å². The van der Waals surface area contributed by atoms with Crippen molar-refractivity contribution in [1.29, 1.82) is 0 Å². The molecule has 0 amide bonds. The van der Waals surface area contributed by atoms with Gasteiger partial charge in [-0.1, -0.05) is 0 Å². The van der Waals surface area contributed by atoms with Gasteiger partial charge in [-0.25, -0.2) is 15.0 Å². The van der Waals surface area contributed by atoms with E-state index in [2.05, 4.69) is 19.9 Å². The summed E-state index contributed by atoms with van der Waals surface area (Å²) in [6.45, 7) is 2.73. The van der Waals surface area contributed by atoms with Gasteiger partial charge >= 0.3 is 5.82 Å². The Bertz CT molecular complexity index is 825. The highest BCUT2D eigenvalue weighted by molar-refractivity contribution is 7.99. The Balaban J connectivity index is 2.09. The molecule has 0 bridgehead atoms. The Morgan fingerprint density at radius 2 is 2.10 bits per heavy atom. The fraction of sp³-hybridized carbons (Fsp3) is 0.273. The first-order chi connectivity index (χ1) is 10.1. The average Bonchev–Trinajstić information content (AvgIpc) is 3.04. The van der Waals surface area contributed by atoms with Crippen LogP contribution in [-0.2, 0) is 13.6 Å². The minimum atomic E-state index is -0.509. The van der Waals surface area contributed by atoms with E-state index in [1.807, 2.05) is 11.5 Å². The number of hydrogen-bond donors (Lipinski definition) is 0. The smallest absolute Gasteiger partial charge is 0.358 e. The van der Waals surface area contributed by atoms with Crippen LogP contribution in [0.3, 0.4) is 0 Å². The minimum Gasteiger partial charge on any atom is -0.358 e. The average molecular weight is 305 g/mol. The van der Waals surface area contributed by atoms with Gasteiger partial charge in [0.05, 0.1) is 6.33 Å². The zero-order valence-electron chi connectivity index (χ0n) is 11.3. The number of nitrogens with zero attached hydrogens (tertiary/aromatic N) is 7. The van der Waals surface area contributed by atoms with E-state index in [1.165, 1.54) is 12.7 Å². The highest BCUT2D eigenvalue weighted by atomic mass is 32.2. The lowest BCUT2D eigenvalue weighted by atomic mass is 10.5. The molecular weight excluding hydrogens is 294 g/mol. The maximum Gasteiger partial charge on any atom is 0.396 e. The Morgan fingerprint density at radius 3 is 2.81 bits per heavy atom. The van der Waals surface area contributed by atoms with Gasteiger partial charge in [-0.3, -0.25) is 0 Å². The molecular formula is C11H11N7O2S. The first kappa shape index (κ1) is 13.5. The molecule has 0 radical (unpaired) electrons. The van der Waals surface area contributed by atoms with E-state index in [0.29, 0.717) is 21.2 Å². The van der Waals surface area contributed by atoms with E-state index in [-0.39, 0.29) is 5.82 Å². The van der Waals surface area contributed by atoms with Crippen molar-refractivity contribution in [2.24, 2.45) is 7.05 Å². The van der Waals surface area contributed by atoms with E-state index in [4.69, 9.17) is 0 Å². The molecule has 9 nitrogen and oxygen atoms in total. The summed E-state index contributed by atoms with van der Waals surface area (Å²) in [5.41, 5.74) is 1.33. The third-order valence-electron chi connectivity index (χ3n) is 2.94. The zero-order valence-corrected chi connectivity index (χ0v) is 12.1. The largest absolute Gasteiger partial charge is 0.396 e. The predicted octanol–water partition coefficient (Wildman–Crippen LogP) is 1.64. The van der Waals surface area contributed by atoms with E-state index in [0.717, 1.165) is 18.3 Å².